The number of aromatic nitrogens is 5. The van der Waals surface area contributed by atoms with E-state index in [9.17, 15) is 0 Å². The largest absolute Gasteiger partial charge is 0.278 e. The lowest BCUT2D eigenvalue weighted by molar-refractivity contribution is 0.989. The van der Waals surface area contributed by atoms with Gasteiger partial charge in [0.2, 0.25) is 19.4 Å². The Morgan fingerprint density at radius 2 is 0.737 bits per heavy atom. The molecule has 57 heavy (non-hydrogen) atoms. The van der Waals surface area contributed by atoms with Crippen LogP contribution in [0.15, 0.2) is 213 Å². The highest BCUT2D eigenvalue weighted by molar-refractivity contribution is 6.96. The van der Waals surface area contributed by atoms with Gasteiger partial charge >= 0.3 is 0 Å². The van der Waals surface area contributed by atoms with Gasteiger partial charge in [-0.1, -0.05) is 178 Å². The summed E-state index contributed by atoms with van der Waals surface area (Å²) in [4.78, 5) is 19.0. The minimum absolute atomic E-state index is 0.0215. The number of hydrogen-bond donors (Lipinski definition) is 0. The first-order valence-corrected chi connectivity index (χ1v) is 19.3. The van der Waals surface area contributed by atoms with E-state index in [0.717, 1.165) is 44.3 Å². The van der Waals surface area contributed by atoms with Crippen molar-refractivity contribution >= 4 is 68.0 Å². The van der Waals surface area contributed by atoms with Crippen LogP contribution >= 0.6 is 0 Å². The van der Waals surface area contributed by atoms with E-state index in [1.54, 1.807) is 0 Å². The molecule has 0 radical (unpaired) electrons. The second-order valence-corrected chi connectivity index (χ2v) is 14.3. The zero-order valence-corrected chi connectivity index (χ0v) is 31.1. The molecule has 4 aromatic heterocycles. The molecule has 0 aliphatic rings. The van der Waals surface area contributed by atoms with Crippen molar-refractivity contribution in [2.75, 3.05) is 0 Å². The fraction of sp³-hybridized carbons (Fsp3) is 0. The number of fused-ring (bicyclic) bond motifs is 3. The van der Waals surface area contributed by atoms with E-state index in [2.05, 4.69) is 172 Å². The monoisotopic (exact) mass is 727 g/mol. The van der Waals surface area contributed by atoms with Gasteiger partial charge in [0.1, 0.15) is 0 Å². The molecular formula is C50H35B2N5. The van der Waals surface area contributed by atoms with Gasteiger partial charge in [0, 0.05) is 35.6 Å². The molecule has 4 heterocycles. The number of nitrogens with zero attached hydrogens (tertiary/aromatic N) is 5. The van der Waals surface area contributed by atoms with Gasteiger partial charge in [-0.3, -0.25) is 14.5 Å². The SMILES string of the molecule is c1ccc(B(c2cccc(-c3ccccn3)c2)c2ccc3c4ccc(B(c5ccccc5)c5cccc(-c6ccccn6)c5)cc4n(-c4ncccn4)c3c2)cc1. The molecule has 10 aromatic rings. The molecule has 0 amide bonds. The maximum atomic E-state index is 4.83. The summed E-state index contributed by atoms with van der Waals surface area (Å²) in [6.07, 6.45) is 7.34. The van der Waals surface area contributed by atoms with Crippen molar-refractivity contribution in [1.29, 1.82) is 0 Å². The van der Waals surface area contributed by atoms with Crippen LogP contribution in [0.4, 0.5) is 0 Å². The molecule has 5 nitrogen and oxygen atoms in total. The first kappa shape index (κ1) is 34.1. The summed E-state index contributed by atoms with van der Waals surface area (Å²) in [6.45, 7) is -0.0429. The smallest absolute Gasteiger partial charge is 0.241 e. The summed E-state index contributed by atoms with van der Waals surface area (Å²) in [7, 11) is 0. The predicted octanol–water partition coefficient (Wildman–Crippen LogP) is 6.73. The molecule has 0 unspecified atom stereocenters. The molecule has 0 aliphatic heterocycles. The minimum atomic E-state index is -0.0215. The Balaban J connectivity index is 1.17. The Kier molecular flexibility index (Phi) is 9.01. The van der Waals surface area contributed by atoms with E-state index in [0.29, 0.717) is 5.95 Å². The van der Waals surface area contributed by atoms with Crippen LogP contribution in [0.2, 0.25) is 0 Å². The van der Waals surface area contributed by atoms with Gasteiger partial charge < -0.3 is 0 Å². The van der Waals surface area contributed by atoms with Crippen LogP contribution in [-0.4, -0.2) is 37.9 Å². The summed E-state index contributed by atoms with van der Waals surface area (Å²) >= 11 is 0. The average molecular weight is 727 g/mol. The van der Waals surface area contributed by atoms with Crippen molar-refractivity contribution in [3.05, 3.63) is 213 Å². The van der Waals surface area contributed by atoms with E-state index in [1.165, 1.54) is 32.8 Å². The van der Waals surface area contributed by atoms with E-state index >= 15 is 0 Å². The van der Waals surface area contributed by atoms with E-state index in [4.69, 9.17) is 9.97 Å². The van der Waals surface area contributed by atoms with Crippen LogP contribution in [0.25, 0.3) is 50.3 Å². The molecule has 0 N–H and O–H groups in total. The molecular weight excluding hydrogens is 692 g/mol. The zero-order valence-electron chi connectivity index (χ0n) is 31.1. The highest BCUT2D eigenvalue weighted by Crippen LogP contribution is 2.30. The van der Waals surface area contributed by atoms with Gasteiger partial charge in [0.25, 0.3) is 0 Å². The predicted molar refractivity (Wildman–Crippen MR) is 238 cm³/mol. The van der Waals surface area contributed by atoms with Crippen molar-refractivity contribution in [2.24, 2.45) is 0 Å². The van der Waals surface area contributed by atoms with Crippen LogP contribution < -0.4 is 32.8 Å². The fourth-order valence-corrected chi connectivity index (χ4v) is 8.30. The van der Waals surface area contributed by atoms with Crippen LogP contribution in [0.3, 0.4) is 0 Å². The first-order chi connectivity index (χ1) is 28.3. The number of rotatable bonds is 9. The van der Waals surface area contributed by atoms with Gasteiger partial charge in [0.05, 0.1) is 22.4 Å². The molecule has 0 aliphatic carbocycles. The maximum absolute atomic E-state index is 4.83. The van der Waals surface area contributed by atoms with Crippen molar-refractivity contribution in [2.45, 2.75) is 0 Å². The Morgan fingerprint density at radius 3 is 1.19 bits per heavy atom. The molecule has 0 atom stereocenters. The minimum Gasteiger partial charge on any atom is -0.278 e. The Morgan fingerprint density at radius 1 is 0.316 bits per heavy atom. The highest BCUT2D eigenvalue weighted by Gasteiger charge is 2.27. The third-order valence-electron chi connectivity index (χ3n) is 10.9. The molecule has 0 saturated carbocycles. The second-order valence-electron chi connectivity index (χ2n) is 14.3. The molecule has 266 valence electrons. The second kappa shape index (κ2) is 15.0. The molecule has 0 saturated heterocycles. The molecule has 0 bridgehead atoms. The third kappa shape index (κ3) is 6.59. The third-order valence-corrected chi connectivity index (χ3v) is 10.9. The maximum Gasteiger partial charge on any atom is 0.241 e. The standard InChI is InChI=1S/C50H35B2N5/c1-3-16-38(17-4-1)51(40-20-11-14-36(32-40)46-22-7-9-28-53-46)42-24-26-44-45-27-25-43(35-49(45)57(48(44)34-42)50-55-30-13-31-56-50)52(39-18-5-2-6-19-39)41-21-12-15-37(33-41)47-23-8-10-29-54-47/h1-35H. The average Bonchev–Trinajstić information content (AvgIpc) is 3.61. The van der Waals surface area contributed by atoms with Gasteiger partial charge in [0.15, 0.2) is 0 Å². The fourth-order valence-electron chi connectivity index (χ4n) is 8.30. The lowest BCUT2D eigenvalue weighted by atomic mass is 9.36. The number of hydrogen-bond acceptors (Lipinski definition) is 4. The van der Waals surface area contributed by atoms with E-state index < -0.39 is 0 Å². The summed E-state index contributed by atoms with van der Waals surface area (Å²) < 4.78 is 2.23. The van der Waals surface area contributed by atoms with Crippen LogP contribution in [0.1, 0.15) is 0 Å². The van der Waals surface area contributed by atoms with Crippen molar-refractivity contribution in [3.63, 3.8) is 0 Å². The van der Waals surface area contributed by atoms with Crippen molar-refractivity contribution in [1.82, 2.24) is 24.5 Å². The number of benzene rings is 6. The first-order valence-electron chi connectivity index (χ1n) is 19.3. The molecule has 6 aromatic carbocycles. The Bertz CT molecular complexity index is 2780. The topological polar surface area (TPSA) is 56.5 Å². The summed E-state index contributed by atoms with van der Waals surface area (Å²) in [5.74, 6) is 0.633. The molecule has 0 spiro atoms. The molecule has 7 heteroatoms. The van der Waals surface area contributed by atoms with Gasteiger partial charge in [-0.15, -0.1) is 0 Å². The lowest BCUT2D eigenvalue weighted by Gasteiger charge is -2.17. The van der Waals surface area contributed by atoms with Crippen LogP contribution in [-0.2, 0) is 0 Å². The Hall–Kier alpha value is -7.37. The van der Waals surface area contributed by atoms with Gasteiger partial charge in [-0.05, 0) is 53.6 Å². The number of pyridine rings is 2. The van der Waals surface area contributed by atoms with Crippen molar-refractivity contribution in [3.8, 4) is 28.5 Å². The highest BCUT2D eigenvalue weighted by atomic mass is 15.1. The van der Waals surface area contributed by atoms with Gasteiger partial charge in [-0.2, -0.15) is 0 Å². The quantitative estimate of drug-likeness (QED) is 0.155. The van der Waals surface area contributed by atoms with Crippen LogP contribution in [0.5, 0.6) is 0 Å². The van der Waals surface area contributed by atoms with Crippen LogP contribution in [0, 0.1) is 0 Å². The summed E-state index contributed by atoms with van der Waals surface area (Å²) in [5.41, 5.74) is 13.4. The zero-order chi connectivity index (χ0) is 38.0. The normalized spacial score (nSPS) is 11.2. The van der Waals surface area contributed by atoms with Gasteiger partial charge in [-0.25, -0.2) is 9.97 Å². The van der Waals surface area contributed by atoms with Crippen molar-refractivity contribution < 1.29 is 0 Å². The van der Waals surface area contributed by atoms with E-state index in [-0.39, 0.29) is 13.4 Å². The lowest BCUT2D eigenvalue weighted by Crippen LogP contribution is -2.52. The van der Waals surface area contributed by atoms with E-state index in [1.807, 2.05) is 55.1 Å². The Labute approximate surface area is 332 Å². The summed E-state index contributed by atoms with van der Waals surface area (Å²) in [5, 5.41) is 2.30. The molecule has 10 rings (SSSR count). The summed E-state index contributed by atoms with van der Waals surface area (Å²) in [6, 6.07) is 66.8. The molecule has 0 fully saturated rings.